The quantitative estimate of drug-likeness (QED) is 0.584. The van der Waals surface area contributed by atoms with Gasteiger partial charge in [-0.3, -0.25) is 4.79 Å². The predicted molar refractivity (Wildman–Crippen MR) is 63.6 cm³/mol. The van der Waals surface area contributed by atoms with Crippen molar-refractivity contribution in [2.24, 2.45) is 11.7 Å². The van der Waals surface area contributed by atoms with Crippen LogP contribution >= 0.6 is 0 Å². The Labute approximate surface area is 93.0 Å². The van der Waals surface area contributed by atoms with E-state index in [1.165, 1.54) is 0 Å². The Kier molecular flexibility index (Phi) is 5.83. The van der Waals surface area contributed by atoms with E-state index < -0.39 is 6.04 Å². The van der Waals surface area contributed by atoms with Crippen LogP contribution in [0.4, 0.5) is 0 Å². The van der Waals surface area contributed by atoms with Crippen LogP contribution in [0, 0.1) is 5.92 Å². The lowest BCUT2D eigenvalue weighted by molar-refractivity contribution is -0.123. The minimum absolute atomic E-state index is 0.0688. The second-order valence-corrected chi connectivity index (χ2v) is 5.24. The smallest absolute Gasteiger partial charge is 0.237 e. The standard InChI is InChI=1S/C11H25N3O/c1-8(2)9(12)10(15)13-6-7-14-11(3,4)5/h8-9,14H,6-7,12H2,1-5H3,(H,13,15)/t9-/m0/s1. The molecule has 0 bridgehead atoms. The van der Waals surface area contributed by atoms with Crippen molar-refractivity contribution < 1.29 is 4.79 Å². The minimum Gasteiger partial charge on any atom is -0.353 e. The maximum atomic E-state index is 11.4. The molecule has 0 aliphatic heterocycles. The first-order valence-electron chi connectivity index (χ1n) is 5.52. The van der Waals surface area contributed by atoms with Crippen LogP contribution in [0.5, 0.6) is 0 Å². The van der Waals surface area contributed by atoms with Crippen LogP contribution < -0.4 is 16.4 Å². The van der Waals surface area contributed by atoms with E-state index in [1.807, 2.05) is 13.8 Å². The molecule has 0 aromatic heterocycles. The molecule has 0 aliphatic carbocycles. The maximum absolute atomic E-state index is 11.4. The van der Waals surface area contributed by atoms with E-state index in [-0.39, 0.29) is 17.4 Å². The van der Waals surface area contributed by atoms with Gasteiger partial charge in [0.15, 0.2) is 0 Å². The topological polar surface area (TPSA) is 67.2 Å². The summed E-state index contributed by atoms with van der Waals surface area (Å²) in [5.74, 6) is 0.112. The van der Waals surface area contributed by atoms with E-state index in [1.54, 1.807) is 0 Å². The summed E-state index contributed by atoms with van der Waals surface area (Å²) in [5, 5.41) is 6.10. The molecule has 0 aromatic carbocycles. The highest BCUT2D eigenvalue weighted by molar-refractivity contribution is 5.81. The zero-order valence-corrected chi connectivity index (χ0v) is 10.6. The number of carbonyl (C=O) groups is 1. The van der Waals surface area contributed by atoms with E-state index in [0.29, 0.717) is 6.54 Å². The highest BCUT2D eigenvalue weighted by Crippen LogP contribution is 1.98. The molecule has 0 heterocycles. The van der Waals surface area contributed by atoms with E-state index in [9.17, 15) is 4.79 Å². The lowest BCUT2D eigenvalue weighted by Gasteiger charge is -2.21. The number of nitrogens with two attached hydrogens (primary N) is 1. The van der Waals surface area contributed by atoms with E-state index in [0.717, 1.165) is 6.54 Å². The maximum Gasteiger partial charge on any atom is 0.237 e. The Bertz CT molecular complexity index is 196. The van der Waals surface area contributed by atoms with Crippen molar-refractivity contribution in [1.29, 1.82) is 0 Å². The Balaban J connectivity index is 3.65. The molecule has 4 heteroatoms. The second-order valence-electron chi connectivity index (χ2n) is 5.24. The second kappa shape index (κ2) is 6.08. The molecular weight excluding hydrogens is 190 g/mol. The molecule has 1 amide bonds. The molecule has 0 radical (unpaired) electrons. The summed E-state index contributed by atoms with van der Waals surface area (Å²) in [7, 11) is 0. The van der Waals surface area contributed by atoms with Gasteiger partial charge in [-0.15, -0.1) is 0 Å². The van der Waals surface area contributed by atoms with Crippen LogP contribution in [0.3, 0.4) is 0 Å². The van der Waals surface area contributed by atoms with Crippen molar-refractivity contribution in [3.05, 3.63) is 0 Å². The first kappa shape index (κ1) is 14.4. The van der Waals surface area contributed by atoms with E-state index in [2.05, 4.69) is 31.4 Å². The molecule has 15 heavy (non-hydrogen) atoms. The number of rotatable bonds is 5. The largest absolute Gasteiger partial charge is 0.353 e. The first-order chi connectivity index (χ1) is 6.74. The average molecular weight is 215 g/mol. The van der Waals surface area contributed by atoms with Crippen LogP contribution in [0.25, 0.3) is 0 Å². The van der Waals surface area contributed by atoms with Crippen molar-refractivity contribution in [3.8, 4) is 0 Å². The monoisotopic (exact) mass is 215 g/mol. The zero-order chi connectivity index (χ0) is 12.1. The molecular formula is C11H25N3O. The van der Waals surface area contributed by atoms with Gasteiger partial charge in [0.2, 0.25) is 5.91 Å². The van der Waals surface area contributed by atoms with Crippen LogP contribution in [-0.4, -0.2) is 30.6 Å². The molecule has 0 saturated carbocycles. The van der Waals surface area contributed by atoms with Gasteiger partial charge in [-0.05, 0) is 26.7 Å². The average Bonchev–Trinajstić information content (AvgIpc) is 2.09. The molecule has 1 atom stereocenters. The molecule has 0 rings (SSSR count). The Morgan fingerprint density at radius 3 is 2.20 bits per heavy atom. The highest BCUT2D eigenvalue weighted by Gasteiger charge is 2.16. The summed E-state index contributed by atoms with van der Waals surface area (Å²) in [4.78, 5) is 11.4. The molecule has 0 spiro atoms. The fourth-order valence-corrected chi connectivity index (χ4v) is 1.04. The van der Waals surface area contributed by atoms with Gasteiger partial charge in [0.05, 0.1) is 6.04 Å². The van der Waals surface area contributed by atoms with Gasteiger partial charge in [-0.25, -0.2) is 0 Å². The van der Waals surface area contributed by atoms with Crippen LogP contribution in [0.15, 0.2) is 0 Å². The van der Waals surface area contributed by atoms with Gasteiger partial charge in [-0.2, -0.15) is 0 Å². The summed E-state index contributed by atoms with van der Waals surface area (Å²) in [6.07, 6.45) is 0. The number of carbonyl (C=O) groups excluding carboxylic acids is 1. The SMILES string of the molecule is CC(C)[C@H](N)C(=O)NCCNC(C)(C)C. The number of amides is 1. The summed E-state index contributed by atoms with van der Waals surface area (Å²) >= 11 is 0. The van der Waals surface area contributed by atoms with Gasteiger partial charge in [0.1, 0.15) is 0 Å². The number of hydrogen-bond acceptors (Lipinski definition) is 3. The Morgan fingerprint density at radius 1 is 1.27 bits per heavy atom. The third kappa shape index (κ3) is 7.33. The molecule has 0 unspecified atom stereocenters. The van der Waals surface area contributed by atoms with Crippen molar-refractivity contribution in [2.75, 3.05) is 13.1 Å². The van der Waals surface area contributed by atoms with E-state index >= 15 is 0 Å². The molecule has 90 valence electrons. The fourth-order valence-electron chi connectivity index (χ4n) is 1.04. The van der Waals surface area contributed by atoms with Crippen molar-refractivity contribution in [2.45, 2.75) is 46.2 Å². The predicted octanol–water partition coefficient (Wildman–Crippen LogP) is 0.474. The minimum atomic E-state index is -0.403. The first-order valence-corrected chi connectivity index (χ1v) is 5.52. The normalized spacial score (nSPS) is 14.1. The summed E-state index contributed by atoms with van der Waals surface area (Å²) < 4.78 is 0. The Hall–Kier alpha value is -0.610. The van der Waals surface area contributed by atoms with Gasteiger partial charge >= 0.3 is 0 Å². The fraction of sp³-hybridized carbons (Fsp3) is 0.909. The zero-order valence-electron chi connectivity index (χ0n) is 10.6. The molecule has 0 fully saturated rings. The molecule has 0 saturated heterocycles. The van der Waals surface area contributed by atoms with Crippen molar-refractivity contribution in [1.82, 2.24) is 10.6 Å². The number of hydrogen-bond donors (Lipinski definition) is 3. The van der Waals surface area contributed by atoms with Crippen LogP contribution in [0.2, 0.25) is 0 Å². The van der Waals surface area contributed by atoms with Crippen molar-refractivity contribution >= 4 is 5.91 Å². The summed E-state index contributed by atoms with van der Waals surface area (Å²) in [5.41, 5.74) is 5.78. The molecule has 4 nitrogen and oxygen atoms in total. The van der Waals surface area contributed by atoms with Gasteiger partial charge < -0.3 is 16.4 Å². The van der Waals surface area contributed by atoms with Crippen LogP contribution in [0.1, 0.15) is 34.6 Å². The van der Waals surface area contributed by atoms with Crippen molar-refractivity contribution in [3.63, 3.8) is 0 Å². The number of nitrogens with one attached hydrogen (secondary N) is 2. The molecule has 0 aliphatic rings. The van der Waals surface area contributed by atoms with Gasteiger partial charge in [0.25, 0.3) is 0 Å². The molecule has 0 aromatic rings. The lowest BCUT2D eigenvalue weighted by Crippen LogP contribution is -2.47. The van der Waals surface area contributed by atoms with E-state index in [4.69, 9.17) is 5.73 Å². The highest BCUT2D eigenvalue weighted by atomic mass is 16.2. The third-order valence-electron chi connectivity index (χ3n) is 2.10. The van der Waals surface area contributed by atoms with Crippen LogP contribution in [-0.2, 0) is 4.79 Å². The molecule has 4 N–H and O–H groups in total. The summed E-state index contributed by atoms with van der Waals surface area (Å²) in [6.45, 7) is 11.5. The lowest BCUT2D eigenvalue weighted by atomic mass is 10.1. The third-order valence-corrected chi connectivity index (χ3v) is 2.10. The summed E-state index contributed by atoms with van der Waals surface area (Å²) in [6, 6.07) is -0.403. The van der Waals surface area contributed by atoms with Gasteiger partial charge in [0, 0.05) is 18.6 Å². The Morgan fingerprint density at radius 2 is 1.80 bits per heavy atom. The van der Waals surface area contributed by atoms with Gasteiger partial charge in [-0.1, -0.05) is 13.8 Å².